The summed E-state index contributed by atoms with van der Waals surface area (Å²) in [5.74, 6) is -1.09. The second-order valence-electron chi connectivity index (χ2n) is 5.05. The fourth-order valence-electron chi connectivity index (χ4n) is 1.96. The number of hydrogen-bond donors (Lipinski definition) is 1. The summed E-state index contributed by atoms with van der Waals surface area (Å²) in [7, 11) is 0. The van der Waals surface area contributed by atoms with E-state index in [0.717, 1.165) is 10.2 Å². The molecule has 0 fully saturated rings. The number of hydrogen-bond acceptors (Lipinski definition) is 8. The highest BCUT2D eigenvalue weighted by Gasteiger charge is 2.15. The van der Waals surface area contributed by atoms with Gasteiger partial charge in [0.05, 0.1) is 17.4 Å². The first-order valence-electron chi connectivity index (χ1n) is 7.60. The first-order chi connectivity index (χ1) is 12.4. The van der Waals surface area contributed by atoms with E-state index in [4.69, 9.17) is 21.4 Å². The van der Waals surface area contributed by atoms with Crippen LogP contribution in [0, 0.1) is 0 Å². The number of rotatable bonds is 9. The summed E-state index contributed by atoms with van der Waals surface area (Å²) in [5, 5.41) is 15.2. The van der Waals surface area contributed by atoms with Crippen LogP contribution in [0.1, 0.15) is 24.6 Å². The molecule has 0 atom stereocenters. The molecule has 0 aliphatic heterocycles. The van der Waals surface area contributed by atoms with Crippen molar-refractivity contribution in [1.29, 1.82) is 0 Å². The standard InChI is InChI=1S/C15H16ClN3O5S2/c1-2-24-13(22)4-3-10-14(23)17-15(19(18-10)6-12(20)21)26-8-9-5-11(16)25-7-9/h5,7H,2-4,6,8H2,1H3,(H,20,21). The maximum atomic E-state index is 12.1. The van der Waals surface area contributed by atoms with Gasteiger partial charge in [0.25, 0.3) is 5.56 Å². The fourth-order valence-corrected chi connectivity index (χ4v) is 3.84. The van der Waals surface area contributed by atoms with Crippen molar-refractivity contribution in [3.63, 3.8) is 0 Å². The van der Waals surface area contributed by atoms with Crippen molar-refractivity contribution in [1.82, 2.24) is 14.8 Å². The number of halogens is 1. The number of ether oxygens (including phenoxy) is 1. The van der Waals surface area contributed by atoms with E-state index < -0.39 is 24.0 Å². The van der Waals surface area contributed by atoms with Crippen LogP contribution in [-0.4, -0.2) is 38.4 Å². The molecule has 1 N–H and O–H groups in total. The monoisotopic (exact) mass is 417 g/mol. The molecule has 0 radical (unpaired) electrons. The molecule has 8 nitrogen and oxygen atoms in total. The Morgan fingerprint density at radius 3 is 2.85 bits per heavy atom. The molecule has 2 aromatic heterocycles. The molecule has 2 aromatic rings. The lowest BCUT2D eigenvalue weighted by atomic mass is 10.2. The summed E-state index contributed by atoms with van der Waals surface area (Å²) in [6, 6.07) is 1.79. The van der Waals surface area contributed by atoms with Gasteiger partial charge in [0, 0.05) is 12.2 Å². The van der Waals surface area contributed by atoms with Gasteiger partial charge in [-0.15, -0.1) is 11.3 Å². The Balaban J connectivity index is 2.18. The molecule has 0 saturated heterocycles. The summed E-state index contributed by atoms with van der Waals surface area (Å²) in [6.45, 7) is 1.49. The van der Waals surface area contributed by atoms with Crippen LogP contribution in [0.5, 0.6) is 0 Å². The first kappa shape index (κ1) is 20.4. The molecular weight excluding hydrogens is 402 g/mol. The van der Waals surface area contributed by atoms with E-state index in [1.165, 1.54) is 23.1 Å². The van der Waals surface area contributed by atoms with E-state index in [-0.39, 0.29) is 30.3 Å². The van der Waals surface area contributed by atoms with E-state index in [2.05, 4.69) is 10.1 Å². The van der Waals surface area contributed by atoms with Gasteiger partial charge in [-0.25, -0.2) is 4.68 Å². The van der Waals surface area contributed by atoms with Crippen LogP contribution in [0.15, 0.2) is 21.4 Å². The molecule has 11 heteroatoms. The second-order valence-corrected chi connectivity index (χ2v) is 7.54. The average molecular weight is 418 g/mol. The lowest BCUT2D eigenvalue weighted by molar-refractivity contribution is -0.143. The normalized spacial score (nSPS) is 10.7. The number of aryl methyl sites for hydroxylation is 1. The number of thiophene rings is 1. The molecule has 0 aliphatic carbocycles. The quantitative estimate of drug-likeness (QED) is 0.488. The Kier molecular flexibility index (Phi) is 7.61. The maximum absolute atomic E-state index is 12.1. The number of carbonyl (C=O) groups excluding carboxylic acids is 1. The van der Waals surface area contributed by atoms with Gasteiger partial charge < -0.3 is 9.84 Å². The van der Waals surface area contributed by atoms with Gasteiger partial charge in [0.2, 0.25) is 0 Å². The number of aliphatic carboxylic acids is 1. The summed E-state index contributed by atoms with van der Waals surface area (Å²) in [6.07, 6.45) is 0.0140. The zero-order valence-electron chi connectivity index (χ0n) is 13.8. The minimum absolute atomic E-state index is 0.0231. The lowest BCUT2D eigenvalue weighted by Gasteiger charge is -2.10. The number of carboxylic acids is 1. The number of nitrogens with zero attached hydrogens (tertiary/aromatic N) is 3. The molecule has 0 saturated carbocycles. The van der Waals surface area contributed by atoms with Crippen molar-refractivity contribution in [2.24, 2.45) is 0 Å². The van der Waals surface area contributed by atoms with Gasteiger partial charge in [-0.2, -0.15) is 10.1 Å². The Labute approximate surface area is 162 Å². The van der Waals surface area contributed by atoms with Gasteiger partial charge in [-0.1, -0.05) is 23.4 Å². The lowest BCUT2D eigenvalue weighted by Crippen LogP contribution is -2.26. The Morgan fingerprint density at radius 2 is 2.23 bits per heavy atom. The molecule has 0 unspecified atom stereocenters. The van der Waals surface area contributed by atoms with Crippen LogP contribution in [0.25, 0.3) is 0 Å². The molecule has 2 heterocycles. The molecule has 0 aliphatic rings. The molecule has 0 spiro atoms. The van der Waals surface area contributed by atoms with Crippen LogP contribution in [-0.2, 0) is 33.0 Å². The van der Waals surface area contributed by atoms with Gasteiger partial charge in [0.15, 0.2) is 5.16 Å². The smallest absolute Gasteiger partial charge is 0.325 e. The third-order valence-corrected chi connectivity index (χ3v) is 5.23. The number of aromatic nitrogens is 3. The highest BCUT2D eigenvalue weighted by Crippen LogP contribution is 2.26. The van der Waals surface area contributed by atoms with Crippen molar-refractivity contribution in [2.75, 3.05) is 6.61 Å². The van der Waals surface area contributed by atoms with Crippen LogP contribution < -0.4 is 5.56 Å². The van der Waals surface area contributed by atoms with Crippen LogP contribution >= 0.6 is 34.7 Å². The molecule has 0 amide bonds. The zero-order chi connectivity index (χ0) is 19.1. The Hall–Kier alpha value is -1.91. The summed E-state index contributed by atoms with van der Waals surface area (Å²) >= 11 is 8.46. The van der Waals surface area contributed by atoms with Gasteiger partial charge in [0.1, 0.15) is 12.2 Å². The van der Waals surface area contributed by atoms with Crippen molar-refractivity contribution in [3.8, 4) is 0 Å². The third kappa shape index (κ3) is 6.11. The highest BCUT2D eigenvalue weighted by molar-refractivity contribution is 7.98. The summed E-state index contributed by atoms with van der Waals surface area (Å²) < 4.78 is 6.61. The molecular formula is C15H16ClN3O5S2. The zero-order valence-corrected chi connectivity index (χ0v) is 16.2. The predicted molar refractivity (Wildman–Crippen MR) is 97.8 cm³/mol. The van der Waals surface area contributed by atoms with E-state index in [9.17, 15) is 14.4 Å². The minimum atomic E-state index is -1.11. The van der Waals surface area contributed by atoms with Gasteiger partial charge in [-0.05, 0) is 23.9 Å². The van der Waals surface area contributed by atoms with Gasteiger partial charge in [-0.3, -0.25) is 14.4 Å². The third-order valence-electron chi connectivity index (χ3n) is 3.05. The first-order valence-corrected chi connectivity index (χ1v) is 9.84. The minimum Gasteiger partial charge on any atom is -0.480 e. The topological polar surface area (TPSA) is 111 Å². The molecule has 26 heavy (non-hydrogen) atoms. The maximum Gasteiger partial charge on any atom is 0.325 e. The van der Waals surface area contributed by atoms with E-state index >= 15 is 0 Å². The fraction of sp³-hybridized carbons (Fsp3) is 0.400. The summed E-state index contributed by atoms with van der Waals surface area (Å²) in [5.41, 5.74) is 0.386. The second kappa shape index (κ2) is 9.70. The van der Waals surface area contributed by atoms with Crippen LogP contribution in [0.2, 0.25) is 4.34 Å². The van der Waals surface area contributed by atoms with Crippen molar-refractivity contribution in [3.05, 3.63) is 37.4 Å². The molecule has 0 aromatic carbocycles. The van der Waals surface area contributed by atoms with Crippen LogP contribution in [0.4, 0.5) is 0 Å². The van der Waals surface area contributed by atoms with Crippen molar-refractivity contribution >= 4 is 46.6 Å². The molecule has 0 bridgehead atoms. The summed E-state index contributed by atoms with van der Waals surface area (Å²) in [4.78, 5) is 38.6. The van der Waals surface area contributed by atoms with E-state index in [0.29, 0.717) is 10.1 Å². The highest BCUT2D eigenvalue weighted by atomic mass is 35.5. The van der Waals surface area contributed by atoms with E-state index in [1.54, 1.807) is 13.0 Å². The largest absolute Gasteiger partial charge is 0.480 e. The van der Waals surface area contributed by atoms with Crippen LogP contribution in [0.3, 0.4) is 0 Å². The number of carboxylic acid groups (broad SMARTS) is 1. The Bertz CT molecular complexity index is 852. The van der Waals surface area contributed by atoms with Gasteiger partial charge >= 0.3 is 11.9 Å². The SMILES string of the molecule is CCOC(=O)CCc1nn(CC(=O)O)c(SCc2csc(Cl)c2)nc1=O. The molecule has 2 rings (SSSR count). The molecule has 140 valence electrons. The predicted octanol–water partition coefficient (Wildman–Crippen LogP) is 2.23. The van der Waals surface area contributed by atoms with Crippen molar-refractivity contribution < 1.29 is 19.4 Å². The number of thioether (sulfide) groups is 1. The Morgan fingerprint density at radius 1 is 1.46 bits per heavy atom. The number of esters is 1. The number of carbonyl (C=O) groups is 2. The van der Waals surface area contributed by atoms with E-state index in [1.807, 2.05) is 5.38 Å². The van der Waals surface area contributed by atoms with Crippen molar-refractivity contribution in [2.45, 2.75) is 37.2 Å². The average Bonchev–Trinajstić information content (AvgIpc) is 2.98.